The molecule has 2 rings (SSSR count). The maximum Gasteiger partial charge on any atom is 0.306 e. The van der Waals surface area contributed by atoms with Crippen molar-refractivity contribution in [2.24, 2.45) is 5.92 Å². The number of carbonyl (C=O) groups is 2. The summed E-state index contributed by atoms with van der Waals surface area (Å²) in [5.41, 5.74) is 0.863. The Morgan fingerprint density at radius 3 is 2.81 bits per heavy atom. The predicted octanol–water partition coefficient (Wildman–Crippen LogP) is 2.40. The summed E-state index contributed by atoms with van der Waals surface area (Å²) in [5.74, 6) is -0.765. The SMILES string of the molecule is Cc1cc(Cl)ccc1OCC(=O)N[C@@H]1CC[C@H](C(=O)O)C1. The molecule has 0 aromatic heterocycles. The summed E-state index contributed by atoms with van der Waals surface area (Å²) in [6, 6.07) is 5.12. The minimum absolute atomic E-state index is 0.0754. The fraction of sp³-hybridized carbons (Fsp3) is 0.467. The Bertz CT molecular complexity index is 546. The molecule has 0 saturated heterocycles. The minimum atomic E-state index is -0.792. The number of rotatable bonds is 5. The third-order valence-corrected chi connectivity index (χ3v) is 3.88. The first-order valence-electron chi connectivity index (χ1n) is 6.87. The van der Waals surface area contributed by atoms with Crippen LogP contribution in [0, 0.1) is 12.8 Å². The van der Waals surface area contributed by atoms with Crippen LogP contribution in [0.1, 0.15) is 24.8 Å². The molecule has 1 saturated carbocycles. The van der Waals surface area contributed by atoms with E-state index in [4.69, 9.17) is 21.4 Å². The van der Waals surface area contributed by atoms with Crippen molar-refractivity contribution in [2.75, 3.05) is 6.61 Å². The molecular weight excluding hydrogens is 294 g/mol. The number of ether oxygens (including phenoxy) is 1. The van der Waals surface area contributed by atoms with Gasteiger partial charge < -0.3 is 15.2 Å². The Kier molecular flexibility index (Phi) is 5.07. The average molecular weight is 312 g/mol. The van der Waals surface area contributed by atoms with E-state index in [1.807, 2.05) is 6.92 Å². The van der Waals surface area contributed by atoms with E-state index in [1.165, 1.54) is 0 Å². The first-order chi connectivity index (χ1) is 9.95. The van der Waals surface area contributed by atoms with Gasteiger partial charge in [0.05, 0.1) is 5.92 Å². The molecule has 1 aromatic rings. The highest BCUT2D eigenvalue weighted by Crippen LogP contribution is 2.25. The Morgan fingerprint density at radius 2 is 2.19 bits per heavy atom. The number of carboxylic acids is 1. The van der Waals surface area contributed by atoms with Gasteiger partial charge in [-0.2, -0.15) is 0 Å². The van der Waals surface area contributed by atoms with Crippen LogP contribution in [-0.2, 0) is 9.59 Å². The van der Waals surface area contributed by atoms with E-state index < -0.39 is 5.97 Å². The Morgan fingerprint density at radius 1 is 1.43 bits per heavy atom. The molecule has 1 amide bonds. The second-order valence-electron chi connectivity index (χ2n) is 5.31. The number of nitrogens with one attached hydrogen (secondary N) is 1. The molecule has 114 valence electrons. The largest absolute Gasteiger partial charge is 0.484 e. The van der Waals surface area contributed by atoms with Crippen molar-refractivity contribution in [3.63, 3.8) is 0 Å². The number of carbonyl (C=O) groups excluding carboxylic acids is 1. The molecule has 0 bridgehead atoms. The number of amides is 1. The van der Waals surface area contributed by atoms with Gasteiger partial charge in [0, 0.05) is 11.1 Å². The maximum absolute atomic E-state index is 11.8. The van der Waals surface area contributed by atoms with Crippen molar-refractivity contribution < 1.29 is 19.4 Å². The molecule has 6 heteroatoms. The third-order valence-electron chi connectivity index (χ3n) is 3.64. The maximum atomic E-state index is 11.8. The highest BCUT2D eigenvalue weighted by Gasteiger charge is 2.30. The zero-order valence-electron chi connectivity index (χ0n) is 11.8. The lowest BCUT2D eigenvalue weighted by molar-refractivity contribution is -0.141. The van der Waals surface area contributed by atoms with Gasteiger partial charge in [0.1, 0.15) is 5.75 Å². The number of carboxylic acid groups (broad SMARTS) is 1. The molecule has 0 spiro atoms. The number of hydrogen-bond acceptors (Lipinski definition) is 3. The lowest BCUT2D eigenvalue weighted by Crippen LogP contribution is -2.36. The number of benzene rings is 1. The highest BCUT2D eigenvalue weighted by molar-refractivity contribution is 6.30. The van der Waals surface area contributed by atoms with E-state index in [0.717, 1.165) is 5.56 Å². The van der Waals surface area contributed by atoms with Gasteiger partial charge in [-0.25, -0.2) is 0 Å². The van der Waals surface area contributed by atoms with Gasteiger partial charge >= 0.3 is 5.97 Å². The van der Waals surface area contributed by atoms with E-state index in [9.17, 15) is 9.59 Å². The summed E-state index contributed by atoms with van der Waals surface area (Å²) < 4.78 is 5.45. The molecule has 2 atom stereocenters. The number of hydrogen-bond donors (Lipinski definition) is 2. The second kappa shape index (κ2) is 6.80. The van der Waals surface area contributed by atoms with E-state index in [0.29, 0.717) is 30.0 Å². The molecule has 1 aromatic carbocycles. The minimum Gasteiger partial charge on any atom is -0.484 e. The molecule has 0 aliphatic heterocycles. The summed E-state index contributed by atoms with van der Waals surface area (Å²) in [7, 11) is 0. The Balaban J connectivity index is 1.79. The topological polar surface area (TPSA) is 75.6 Å². The van der Waals surface area contributed by atoms with Crippen LogP contribution in [0.25, 0.3) is 0 Å². The van der Waals surface area contributed by atoms with Crippen molar-refractivity contribution in [1.29, 1.82) is 0 Å². The summed E-state index contributed by atoms with van der Waals surface area (Å²) in [4.78, 5) is 22.7. The first-order valence-corrected chi connectivity index (χ1v) is 7.24. The Labute approximate surface area is 128 Å². The smallest absolute Gasteiger partial charge is 0.306 e. The molecule has 0 radical (unpaired) electrons. The second-order valence-corrected chi connectivity index (χ2v) is 5.75. The summed E-state index contributed by atoms with van der Waals surface area (Å²) in [5, 5.41) is 12.4. The number of aliphatic carboxylic acids is 1. The van der Waals surface area contributed by atoms with Gasteiger partial charge in [-0.05, 0) is 49.9 Å². The summed E-state index contributed by atoms with van der Waals surface area (Å²) in [6.45, 7) is 1.77. The van der Waals surface area contributed by atoms with E-state index in [-0.39, 0.29) is 24.5 Å². The number of halogens is 1. The molecule has 0 unspecified atom stereocenters. The standard InChI is InChI=1S/C15H18ClNO4/c1-9-6-11(16)3-5-13(9)21-8-14(18)17-12-4-2-10(7-12)15(19)20/h3,5-6,10,12H,2,4,7-8H2,1H3,(H,17,18)(H,19,20)/t10-,12+/m0/s1. The normalized spacial score (nSPS) is 21.0. The van der Waals surface area contributed by atoms with Crippen LogP contribution in [0.15, 0.2) is 18.2 Å². The lowest BCUT2D eigenvalue weighted by Gasteiger charge is -2.14. The summed E-state index contributed by atoms with van der Waals surface area (Å²) in [6.07, 6.45) is 1.79. The molecule has 1 aliphatic rings. The third kappa shape index (κ3) is 4.36. The van der Waals surface area contributed by atoms with Crippen molar-refractivity contribution in [1.82, 2.24) is 5.32 Å². The fourth-order valence-electron chi connectivity index (χ4n) is 2.52. The summed E-state index contributed by atoms with van der Waals surface area (Å²) >= 11 is 5.85. The van der Waals surface area contributed by atoms with Crippen LogP contribution in [0.2, 0.25) is 5.02 Å². The number of aryl methyl sites for hydroxylation is 1. The van der Waals surface area contributed by atoms with Gasteiger partial charge in [0.15, 0.2) is 6.61 Å². The fourth-order valence-corrected chi connectivity index (χ4v) is 2.75. The molecule has 1 aliphatic carbocycles. The van der Waals surface area contributed by atoms with Crippen LogP contribution in [0.3, 0.4) is 0 Å². The van der Waals surface area contributed by atoms with Crippen molar-refractivity contribution in [3.05, 3.63) is 28.8 Å². The van der Waals surface area contributed by atoms with Crippen molar-refractivity contribution >= 4 is 23.5 Å². The van der Waals surface area contributed by atoms with E-state index in [2.05, 4.69) is 5.32 Å². The molecule has 2 N–H and O–H groups in total. The van der Waals surface area contributed by atoms with E-state index >= 15 is 0 Å². The molecule has 5 nitrogen and oxygen atoms in total. The van der Waals surface area contributed by atoms with Gasteiger partial charge in [-0.1, -0.05) is 11.6 Å². The zero-order chi connectivity index (χ0) is 15.4. The molecule has 21 heavy (non-hydrogen) atoms. The van der Waals surface area contributed by atoms with Crippen LogP contribution >= 0.6 is 11.6 Å². The van der Waals surface area contributed by atoms with Gasteiger partial charge in [-0.15, -0.1) is 0 Å². The predicted molar refractivity (Wildman–Crippen MR) is 78.6 cm³/mol. The van der Waals surface area contributed by atoms with Crippen LogP contribution in [0.4, 0.5) is 0 Å². The van der Waals surface area contributed by atoms with Crippen LogP contribution in [0.5, 0.6) is 5.75 Å². The lowest BCUT2D eigenvalue weighted by atomic mass is 10.1. The van der Waals surface area contributed by atoms with Crippen LogP contribution < -0.4 is 10.1 Å². The van der Waals surface area contributed by atoms with Crippen LogP contribution in [-0.4, -0.2) is 29.6 Å². The van der Waals surface area contributed by atoms with Crippen molar-refractivity contribution in [2.45, 2.75) is 32.2 Å². The molecule has 1 fully saturated rings. The van der Waals surface area contributed by atoms with Gasteiger partial charge in [-0.3, -0.25) is 9.59 Å². The quantitative estimate of drug-likeness (QED) is 0.875. The molecular formula is C15H18ClNO4. The first kappa shape index (κ1) is 15.6. The zero-order valence-corrected chi connectivity index (χ0v) is 12.5. The monoisotopic (exact) mass is 311 g/mol. The Hall–Kier alpha value is -1.75. The van der Waals surface area contributed by atoms with Crippen molar-refractivity contribution in [3.8, 4) is 5.75 Å². The van der Waals surface area contributed by atoms with Gasteiger partial charge in [0.25, 0.3) is 5.91 Å². The molecule has 0 heterocycles. The average Bonchev–Trinajstić information content (AvgIpc) is 2.86. The van der Waals surface area contributed by atoms with E-state index in [1.54, 1.807) is 18.2 Å². The highest BCUT2D eigenvalue weighted by atomic mass is 35.5. The van der Waals surface area contributed by atoms with Gasteiger partial charge in [0.2, 0.25) is 0 Å².